The number of fused-ring (bicyclic) bond motifs is 3. The lowest BCUT2D eigenvalue weighted by Crippen LogP contribution is -2.66. The molecule has 0 radical (unpaired) electrons. The van der Waals surface area contributed by atoms with Gasteiger partial charge in [-0.05, 0) is 26.8 Å². The highest BCUT2D eigenvalue weighted by molar-refractivity contribution is 4.99. The summed E-state index contributed by atoms with van der Waals surface area (Å²) in [6, 6.07) is 0.821. The van der Waals surface area contributed by atoms with Gasteiger partial charge in [0.05, 0.1) is 0 Å². The zero-order valence-electron chi connectivity index (χ0n) is 6.85. The molecule has 0 aromatic carbocycles. The maximum absolute atomic E-state index is 3.58. The Morgan fingerprint density at radius 3 is 2.70 bits per heavy atom. The van der Waals surface area contributed by atoms with Gasteiger partial charge in [-0.2, -0.15) is 0 Å². The molecule has 1 N–H and O–H groups in total. The summed E-state index contributed by atoms with van der Waals surface area (Å²) < 4.78 is 0. The van der Waals surface area contributed by atoms with E-state index in [4.69, 9.17) is 0 Å². The van der Waals surface area contributed by atoms with Gasteiger partial charge in [0.15, 0.2) is 0 Å². The van der Waals surface area contributed by atoms with Crippen molar-refractivity contribution in [2.24, 2.45) is 0 Å². The molecule has 3 fully saturated rings. The van der Waals surface area contributed by atoms with E-state index in [1.165, 1.54) is 25.9 Å². The lowest BCUT2D eigenvalue weighted by atomic mass is 9.83. The van der Waals surface area contributed by atoms with Gasteiger partial charge in [-0.1, -0.05) is 0 Å². The highest BCUT2D eigenvalue weighted by atomic mass is 15.2. The lowest BCUT2D eigenvalue weighted by Gasteiger charge is -2.50. The van der Waals surface area contributed by atoms with Crippen LogP contribution in [0.3, 0.4) is 0 Å². The molecule has 3 heterocycles. The van der Waals surface area contributed by atoms with Crippen molar-refractivity contribution in [3.8, 4) is 0 Å². The fourth-order valence-electron chi connectivity index (χ4n) is 2.23. The van der Waals surface area contributed by atoms with E-state index in [1.54, 1.807) is 0 Å². The minimum atomic E-state index is 0.434. The van der Waals surface area contributed by atoms with E-state index < -0.39 is 0 Å². The van der Waals surface area contributed by atoms with Crippen LogP contribution in [0, 0.1) is 0 Å². The number of piperidine rings is 2. The molecule has 2 bridgehead atoms. The minimum Gasteiger partial charge on any atom is -0.309 e. The first-order valence-corrected chi connectivity index (χ1v) is 4.15. The Labute approximate surface area is 62.6 Å². The van der Waals surface area contributed by atoms with Gasteiger partial charge in [-0.15, -0.1) is 0 Å². The minimum absolute atomic E-state index is 0.434. The average Bonchev–Trinajstić information content (AvgIpc) is 1.87. The van der Waals surface area contributed by atoms with Gasteiger partial charge >= 0.3 is 0 Å². The van der Waals surface area contributed by atoms with Crippen molar-refractivity contribution >= 4 is 0 Å². The smallest absolute Gasteiger partial charge is 0.0281 e. The van der Waals surface area contributed by atoms with Crippen LogP contribution in [0.25, 0.3) is 0 Å². The molecular formula is C8H16N2. The first-order chi connectivity index (χ1) is 4.70. The van der Waals surface area contributed by atoms with Crippen LogP contribution in [0.15, 0.2) is 0 Å². The summed E-state index contributed by atoms with van der Waals surface area (Å²) in [5.74, 6) is 0. The second-order valence-electron chi connectivity index (χ2n) is 4.05. The Hall–Kier alpha value is -0.0800. The van der Waals surface area contributed by atoms with Gasteiger partial charge < -0.3 is 10.2 Å². The number of likely N-dealkylation sites (N-methyl/N-ethyl adjacent to an activating group) is 1. The van der Waals surface area contributed by atoms with E-state index in [0.29, 0.717) is 5.54 Å². The second-order valence-corrected chi connectivity index (χ2v) is 4.05. The first kappa shape index (κ1) is 6.62. The van der Waals surface area contributed by atoms with Crippen LogP contribution in [0.2, 0.25) is 0 Å². The largest absolute Gasteiger partial charge is 0.309 e. The molecule has 3 rings (SSSR count). The molecule has 10 heavy (non-hydrogen) atoms. The molecule has 3 saturated heterocycles. The standard InChI is InChI=1S/C8H16N2/c1-8-4-3-7(5-9-8)10(2)6-8/h7,9H,3-6H2,1-2H3. The Morgan fingerprint density at radius 2 is 2.40 bits per heavy atom. The van der Waals surface area contributed by atoms with Crippen molar-refractivity contribution in [1.82, 2.24) is 10.2 Å². The zero-order valence-corrected chi connectivity index (χ0v) is 6.85. The van der Waals surface area contributed by atoms with Crippen LogP contribution < -0.4 is 5.32 Å². The number of hydrogen-bond donors (Lipinski definition) is 1. The zero-order chi connectivity index (χ0) is 7.19. The second kappa shape index (κ2) is 1.95. The lowest BCUT2D eigenvalue weighted by molar-refractivity contribution is 0.0480. The van der Waals surface area contributed by atoms with E-state index in [-0.39, 0.29) is 0 Å². The first-order valence-electron chi connectivity index (χ1n) is 4.15. The third-order valence-electron chi connectivity index (χ3n) is 3.02. The molecule has 2 unspecified atom stereocenters. The molecule has 3 aliphatic heterocycles. The van der Waals surface area contributed by atoms with E-state index in [0.717, 1.165) is 6.04 Å². The SMILES string of the molecule is CN1CC2(C)CCC1CN2. The molecule has 0 aromatic rings. The molecular weight excluding hydrogens is 124 g/mol. The summed E-state index contributed by atoms with van der Waals surface area (Å²) >= 11 is 0. The topological polar surface area (TPSA) is 15.3 Å². The Bertz CT molecular complexity index is 136. The molecule has 0 aliphatic carbocycles. The van der Waals surface area contributed by atoms with Crippen LogP contribution in [-0.4, -0.2) is 36.6 Å². The molecule has 2 nitrogen and oxygen atoms in total. The quantitative estimate of drug-likeness (QED) is 0.525. The molecule has 2 heteroatoms. The van der Waals surface area contributed by atoms with Crippen LogP contribution in [0.4, 0.5) is 0 Å². The predicted octanol–water partition coefficient (Wildman–Crippen LogP) is 0.442. The fraction of sp³-hybridized carbons (Fsp3) is 1.00. The third kappa shape index (κ3) is 0.867. The Kier molecular flexibility index (Phi) is 1.29. The van der Waals surface area contributed by atoms with E-state index in [2.05, 4.69) is 24.2 Å². The van der Waals surface area contributed by atoms with Crippen LogP contribution >= 0.6 is 0 Å². The number of nitrogens with zero attached hydrogens (tertiary/aromatic N) is 1. The average molecular weight is 140 g/mol. The maximum Gasteiger partial charge on any atom is 0.0281 e. The van der Waals surface area contributed by atoms with E-state index in [9.17, 15) is 0 Å². The van der Waals surface area contributed by atoms with Gasteiger partial charge in [-0.3, -0.25) is 0 Å². The van der Waals surface area contributed by atoms with Crippen molar-refractivity contribution in [3.05, 3.63) is 0 Å². The molecule has 0 saturated carbocycles. The summed E-state index contributed by atoms with van der Waals surface area (Å²) in [5.41, 5.74) is 0.434. The molecule has 0 aromatic heterocycles. The molecule has 2 atom stereocenters. The molecule has 0 spiro atoms. The monoisotopic (exact) mass is 140 g/mol. The Morgan fingerprint density at radius 1 is 1.60 bits per heavy atom. The number of piperazine rings is 1. The summed E-state index contributed by atoms with van der Waals surface area (Å²) in [5, 5.41) is 3.58. The van der Waals surface area contributed by atoms with Gasteiger partial charge in [0.1, 0.15) is 0 Å². The molecule has 0 amide bonds. The Balaban J connectivity index is 2.14. The summed E-state index contributed by atoms with van der Waals surface area (Å²) in [6.45, 7) is 4.77. The highest BCUT2D eigenvalue weighted by Gasteiger charge is 2.39. The number of rotatable bonds is 0. The van der Waals surface area contributed by atoms with Crippen molar-refractivity contribution in [2.45, 2.75) is 31.3 Å². The number of hydrogen-bond acceptors (Lipinski definition) is 2. The maximum atomic E-state index is 3.58. The van der Waals surface area contributed by atoms with E-state index in [1.807, 2.05) is 0 Å². The van der Waals surface area contributed by atoms with Gasteiger partial charge in [-0.25, -0.2) is 0 Å². The van der Waals surface area contributed by atoms with Gasteiger partial charge in [0, 0.05) is 24.7 Å². The van der Waals surface area contributed by atoms with Crippen molar-refractivity contribution in [2.75, 3.05) is 20.1 Å². The van der Waals surface area contributed by atoms with Crippen LogP contribution in [0.1, 0.15) is 19.8 Å². The van der Waals surface area contributed by atoms with Gasteiger partial charge in [0.2, 0.25) is 0 Å². The predicted molar refractivity (Wildman–Crippen MR) is 42.1 cm³/mol. The fourth-order valence-corrected chi connectivity index (χ4v) is 2.23. The molecule has 58 valence electrons. The van der Waals surface area contributed by atoms with E-state index >= 15 is 0 Å². The summed E-state index contributed by atoms with van der Waals surface area (Å²) in [6.07, 6.45) is 2.75. The normalized spacial score (nSPS) is 48.0. The highest BCUT2D eigenvalue weighted by Crippen LogP contribution is 2.28. The van der Waals surface area contributed by atoms with Crippen molar-refractivity contribution < 1.29 is 0 Å². The van der Waals surface area contributed by atoms with Crippen LogP contribution in [-0.2, 0) is 0 Å². The third-order valence-corrected chi connectivity index (χ3v) is 3.02. The van der Waals surface area contributed by atoms with Crippen molar-refractivity contribution in [1.29, 1.82) is 0 Å². The van der Waals surface area contributed by atoms with Crippen molar-refractivity contribution in [3.63, 3.8) is 0 Å². The van der Waals surface area contributed by atoms with Crippen LogP contribution in [0.5, 0.6) is 0 Å². The summed E-state index contributed by atoms with van der Waals surface area (Å²) in [4.78, 5) is 2.49. The van der Waals surface area contributed by atoms with Gasteiger partial charge in [0.25, 0.3) is 0 Å². The molecule has 3 aliphatic rings. The summed E-state index contributed by atoms with van der Waals surface area (Å²) in [7, 11) is 2.24. The number of nitrogens with one attached hydrogen (secondary N) is 1.